The summed E-state index contributed by atoms with van der Waals surface area (Å²) in [7, 11) is 1.69. The number of fused-ring (bicyclic) bond motifs is 1. The second-order valence-corrected chi connectivity index (χ2v) is 5.95. The third kappa shape index (κ3) is 1.88. The van der Waals surface area contributed by atoms with Crippen molar-refractivity contribution in [3.05, 3.63) is 32.3 Å². The van der Waals surface area contributed by atoms with E-state index in [0.29, 0.717) is 6.42 Å². The highest BCUT2D eigenvalue weighted by molar-refractivity contribution is 14.1. The summed E-state index contributed by atoms with van der Waals surface area (Å²) in [6.07, 6.45) is 0.609. The predicted molar refractivity (Wildman–Crippen MR) is 81.3 cm³/mol. The monoisotopic (exact) mass is 385 g/mol. The van der Waals surface area contributed by atoms with Crippen molar-refractivity contribution < 1.29 is 9.59 Å². The SMILES string of the molecule is Cn1c(=O)n(C2CCC(=O)NC2=O)c2cccc(I)c21. The van der Waals surface area contributed by atoms with Crippen molar-refractivity contribution in [3.63, 3.8) is 0 Å². The smallest absolute Gasteiger partial charge is 0.295 e. The molecule has 0 radical (unpaired) electrons. The molecular weight excluding hydrogens is 373 g/mol. The lowest BCUT2D eigenvalue weighted by atomic mass is 10.1. The Kier molecular flexibility index (Phi) is 3.15. The second kappa shape index (κ2) is 4.72. The Hall–Kier alpha value is -1.64. The number of aromatic nitrogens is 2. The summed E-state index contributed by atoms with van der Waals surface area (Å²) >= 11 is 2.17. The van der Waals surface area contributed by atoms with Gasteiger partial charge in [-0.2, -0.15) is 0 Å². The maximum atomic E-state index is 12.4. The first-order valence-corrected chi connectivity index (χ1v) is 7.27. The summed E-state index contributed by atoms with van der Waals surface area (Å²) in [6, 6.07) is 4.97. The summed E-state index contributed by atoms with van der Waals surface area (Å²) < 4.78 is 3.98. The van der Waals surface area contributed by atoms with Gasteiger partial charge < -0.3 is 0 Å². The lowest BCUT2D eigenvalue weighted by molar-refractivity contribution is -0.135. The number of piperidine rings is 1. The molecule has 2 aromatic rings. The Balaban J connectivity index is 2.25. The molecule has 1 unspecified atom stereocenters. The standard InChI is InChI=1S/C13H12IN3O3/c1-16-11-7(14)3-2-4-8(11)17(13(16)20)9-5-6-10(18)15-12(9)19/h2-4,9H,5-6H2,1H3,(H,15,18,19). The fourth-order valence-corrected chi connectivity index (χ4v) is 3.47. The van der Waals surface area contributed by atoms with Gasteiger partial charge in [0.15, 0.2) is 0 Å². The molecule has 7 heteroatoms. The molecule has 1 N–H and O–H groups in total. The minimum Gasteiger partial charge on any atom is -0.295 e. The summed E-state index contributed by atoms with van der Waals surface area (Å²) in [6.45, 7) is 0. The first kappa shape index (κ1) is 13.3. The molecule has 1 aromatic carbocycles. The number of rotatable bonds is 1. The Morgan fingerprint density at radius 1 is 1.30 bits per heavy atom. The van der Waals surface area contributed by atoms with E-state index in [2.05, 4.69) is 27.9 Å². The molecule has 0 aliphatic carbocycles. The number of para-hydroxylation sites is 1. The van der Waals surface area contributed by atoms with Gasteiger partial charge in [0.25, 0.3) is 0 Å². The van der Waals surface area contributed by atoms with Crippen LogP contribution in [0.3, 0.4) is 0 Å². The van der Waals surface area contributed by atoms with E-state index in [4.69, 9.17) is 0 Å². The first-order valence-electron chi connectivity index (χ1n) is 6.20. The maximum absolute atomic E-state index is 12.4. The Morgan fingerprint density at radius 3 is 2.75 bits per heavy atom. The summed E-state index contributed by atoms with van der Waals surface area (Å²) in [5.74, 6) is -0.691. The second-order valence-electron chi connectivity index (χ2n) is 4.79. The highest BCUT2D eigenvalue weighted by Crippen LogP contribution is 2.25. The number of nitrogens with one attached hydrogen (secondary N) is 1. The van der Waals surface area contributed by atoms with Gasteiger partial charge in [0.2, 0.25) is 11.8 Å². The van der Waals surface area contributed by atoms with Crippen LogP contribution >= 0.6 is 22.6 Å². The van der Waals surface area contributed by atoms with Crippen molar-refractivity contribution in [2.24, 2.45) is 7.05 Å². The zero-order valence-electron chi connectivity index (χ0n) is 10.7. The van der Waals surface area contributed by atoms with Crippen LogP contribution in [0.1, 0.15) is 18.9 Å². The molecule has 6 nitrogen and oxygen atoms in total. The average Bonchev–Trinajstić information content (AvgIpc) is 2.64. The maximum Gasteiger partial charge on any atom is 0.329 e. The number of imidazole rings is 1. The van der Waals surface area contributed by atoms with Crippen LogP contribution in [0.15, 0.2) is 23.0 Å². The van der Waals surface area contributed by atoms with Gasteiger partial charge in [0.1, 0.15) is 6.04 Å². The van der Waals surface area contributed by atoms with Crippen molar-refractivity contribution in [2.75, 3.05) is 0 Å². The van der Waals surface area contributed by atoms with Crippen LogP contribution in [0.2, 0.25) is 0 Å². The zero-order valence-corrected chi connectivity index (χ0v) is 12.9. The fourth-order valence-electron chi connectivity index (χ4n) is 2.62. The molecule has 0 saturated carbocycles. The molecule has 1 fully saturated rings. The highest BCUT2D eigenvalue weighted by atomic mass is 127. The topological polar surface area (TPSA) is 73.1 Å². The number of amides is 2. The number of carbonyl (C=O) groups excluding carboxylic acids is 2. The largest absolute Gasteiger partial charge is 0.329 e. The molecule has 1 aliphatic heterocycles. The molecule has 104 valence electrons. The summed E-state index contributed by atoms with van der Waals surface area (Å²) in [5.41, 5.74) is 1.29. The van der Waals surface area contributed by atoms with Crippen LogP contribution in [0.4, 0.5) is 0 Å². The lowest BCUT2D eigenvalue weighted by Crippen LogP contribution is -2.44. The average molecular weight is 385 g/mol. The van der Waals surface area contributed by atoms with Crippen LogP contribution in [0.5, 0.6) is 0 Å². The highest BCUT2D eigenvalue weighted by Gasteiger charge is 2.31. The van der Waals surface area contributed by atoms with Gasteiger partial charge in [-0.25, -0.2) is 4.79 Å². The van der Waals surface area contributed by atoms with Gasteiger partial charge in [0.05, 0.1) is 11.0 Å². The van der Waals surface area contributed by atoms with E-state index < -0.39 is 11.9 Å². The molecular formula is C13H12IN3O3. The van der Waals surface area contributed by atoms with Crippen LogP contribution in [-0.2, 0) is 16.6 Å². The molecule has 1 saturated heterocycles. The van der Waals surface area contributed by atoms with E-state index >= 15 is 0 Å². The van der Waals surface area contributed by atoms with Crippen LogP contribution in [-0.4, -0.2) is 20.9 Å². The number of aryl methyl sites for hydroxylation is 1. The zero-order chi connectivity index (χ0) is 14.4. The van der Waals surface area contributed by atoms with Crippen molar-refractivity contribution in [1.82, 2.24) is 14.5 Å². The van der Waals surface area contributed by atoms with Crippen molar-refractivity contribution in [1.29, 1.82) is 0 Å². The van der Waals surface area contributed by atoms with Gasteiger partial charge in [0, 0.05) is 17.0 Å². The van der Waals surface area contributed by atoms with E-state index in [-0.39, 0.29) is 18.0 Å². The van der Waals surface area contributed by atoms with E-state index in [0.717, 1.165) is 14.6 Å². The number of nitrogens with zero attached hydrogens (tertiary/aromatic N) is 2. The van der Waals surface area contributed by atoms with Crippen molar-refractivity contribution in [2.45, 2.75) is 18.9 Å². The fraction of sp³-hybridized carbons (Fsp3) is 0.308. The van der Waals surface area contributed by atoms with Gasteiger partial charge in [-0.1, -0.05) is 6.07 Å². The van der Waals surface area contributed by atoms with Crippen molar-refractivity contribution >= 4 is 45.4 Å². The van der Waals surface area contributed by atoms with E-state index in [9.17, 15) is 14.4 Å². The summed E-state index contributed by atoms with van der Waals surface area (Å²) in [5, 5.41) is 2.29. The van der Waals surface area contributed by atoms with E-state index in [1.165, 1.54) is 4.57 Å². The number of benzene rings is 1. The molecule has 3 rings (SSSR count). The molecule has 1 atom stereocenters. The Bertz CT molecular complexity index is 790. The molecule has 0 bridgehead atoms. The Labute approximate surface area is 127 Å². The van der Waals surface area contributed by atoms with Gasteiger partial charge in [-0.15, -0.1) is 0 Å². The van der Waals surface area contributed by atoms with E-state index in [1.54, 1.807) is 11.6 Å². The third-order valence-corrected chi connectivity index (χ3v) is 4.45. The lowest BCUT2D eigenvalue weighted by Gasteiger charge is -2.21. The number of carbonyl (C=O) groups is 2. The number of imide groups is 1. The minimum absolute atomic E-state index is 0.237. The third-order valence-electron chi connectivity index (χ3n) is 3.58. The van der Waals surface area contributed by atoms with Crippen LogP contribution in [0, 0.1) is 3.57 Å². The van der Waals surface area contributed by atoms with Crippen LogP contribution in [0.25, 0.3) is 11.0 Å². The van der Waals surface area contributed by atoms with E-state index in [1.807, 2.05) is 18.2 Å². The number of hydrogen-bond acceptors (Lipinski definition) is 3. The normalized spacial score (nSPS) is 19.4. The minimum atomic E-state index is -0.623. The Morgan fingerprint density at radius 2 is 2.05 bits per heavy atom. The first-order chi connectivity index (χ1) is 9.50. The van der Waals surface area contributed by atoms with Gasteiger partial charge in [-0.05, 0) is 41.1 Å². The molecule has 2 amide bonds. The molecule has 2 heterocycles. The quantitative estimate of drug-likeness (QED) is 0.586. The predicted octanol–water partition coefficient (Wildman–Crippen LogP) is 0.922. The van der Waals surface area contributed by atoms with Crippen molar-refractivity contribution in [3.8, 4) is 0 Å². The molecule has 20 heavy (non-hydrogen) atoms. The van der Waals surface area contributed by atoms with Gasteiger partial charge >= 0.3 is 5.69 Å². The number of halogens is 1. The molecule has 0 spiro atoms. The van der Waals surface area contributed by atoms with Crippen LogP contribution < -0.4 is 11.0 Å². The number of hydrogen-bond donors (Lipinski definition) is 1. The summed E-state index contributed by atoms with van der Waals surface area (Å²) in [4.78, 5) is 35.6. The molecule has 1 aliphatic rings. The molecule has 1 aromatic heterocycles. The van der Waals surface area contributed by atoms with Gasteiger partial charge in [-0.3, -0.25) is 24.0 Å².